The van der Waals surface area contributed by atoms with E-state index in [4.69, 9.17) is 4.74 Å². The lowest BCUT2D eigenvalue weighted by atomic mass is 10.2. The molecule has 4 nitrogen and oxygen atoms in total. The Bertz CT molecular complexity index is 540. The number of nitrogens with one attached hydrogen (secondary N) is 1. The second kappa shape index (κ2) is 6.33. The summed E-state index contributed by atoms with van der Waals surface area (Å²) in [5, 5.41) is 5.16. The Labute approximate surface area is 116 Å². The molecule has 1 heterocycles. The zero-order valence-electron chi connectivity index (χ0n) is 10.9. The number of anilines is 1. The Morgan fingerprint density at radius 1 is 1.53 bits per heavy atom. The van der Waals surface area contributed by atoms with Crippen molar-refractivity contribution in [3.63, 3.8) is 0 Å². The fraction of sp³-hybridized carbons (Fsp3) is 0.286. The van der Waals surface area contributed by atoms with Crippen molar-refractivity contribution in [2.45, 2.75) is 26.4 Å². The summed E-state index contributed by atoms with van der Waals surface area (Å²) in [5.41, 5.74) is 1.10. The summed E-state index contributed by atoms with van der Waals surface area (Å²) >= 11 is 1.39. The smallest absolute Gasteiger partial charge is 0.267 e. The summed E-state index contributed by atoms with van der Waals surface area (Å²) in [7, 11) is 0. The molecule has 0 saturated carbocycles. The van der Waals surface area contributed by atoms with Gasteiger partial charge in [0.1, 0.15) is 5.75 Å². The molecule has 0 aliphatic heterocycles. The zero-order valence-corrected chi connectivity index (χ0v) is 11.7. The standard InChI is InChI=1S/C14H16N2O2S/c1-3-12(13(17)16-14-15-7-8-19-14)18-11-6-4-5-10(2)9-11/h4-9,12H,3H2,1-2H3,(H,15,16,17)/t12-/m0/s1. The van der Waals surface area contributed by atoms with Gasteiger partial charge in [-0.1, -0.05) is 19.1 Å². The van der Waals surface area contributed by atoms with E-state index >= 15 is 0 Å². The normalized spacial score (nSPS) is 11.9. The van der Waals surface area contributed by atoms with Crippen LogP contribution in [0.15, 0.2) is 35.8 Å². The molecule has 5 heteroatoms. The largest absolute Gasteiger partial charge is 0.481 e. The molecule has 2 aromatic rings. The maximum absolute atomic E-state index is 12.1. The minimum Gasteiger partial charge on any atom is -0.481 e. The van der Waals surface area contributed by atoms with Gasteiger partial charge in [0, 0.05) is 11.6 Å². The Kier molecular flexibility index (Phi) is 4.52. The lowest BCUT2D eigenvalue weighted by Crippen LogP contribution is -2.32. The summed E-state index contributed by atoms with van der Waals surface area (Å²) in [5.74, 6) is 0.542. The Balaban J connectivity index is 2.01. The lowest BCUT2D eigenvalue weighted by molar-refractivity contribution is -0.122. The number of hydrogen-bond acceptors (Lipinski definition) is 4. The summed E-state index contributed by atoms with van der Waals surface area (Å²) in [6, 6.07) is 7.67. The molecule has 0 radical (unpaired) electrons. The lowest BCUT2D eigenvalue weighted by Gasteiger charge is -2.16. The average Bonchev–Trinajstić information content (AvgIpc) is 2.88. The van der Waals surface area contributed by atoms with Crippen LogP contribution in [0.3, 0.4) is 0 Å². The summed E-state index contributed by atoms with van der Waals surface area (Å²) in [6.07, 6.45) is 1.75. The van der Waals surface area contributed by atoms with E-state index in [0.717, 1.165) is 5.56 Å². The first-order valence-electron chi connectivity index (χ1n) is 6.12. The molecule has 0 fully saturated rings. The molecular weight excluding hydrogens is 260 g/mol. The van der Waals surface area contributed by atoms with Crippen LogP contribution in [-0.4, -0.2) is 17.0 Å². The van der Waals surface area contributed by atoms with Crippen molar-refractivity contribution in [1.29, 1.82) is 0 Å². The predicted molar refractivity (Wildman–Crippen MR) is 76.6 cm³/mol. The molecule has 1 amide bonds. The monoisotopic (exact) mass is 276 g/mol. The van der Waals surface area contributed by atoms with Gasteiger partial charge in [-0.15, -0.1) is 11.3 Å². The first-order chi connectivity index (χ1) is 9.19. The van der Waals surface area contributed by atoms with Crippen LogP contribution in [0.25, 0.3) is 0 Å². The van der Waals surface area contributed by atoms with E-state index in [9.17, 15) is 4.79 Å². The highest BCUT2D eigenvalue weighted by molar-refractivity contribution is 7.13. The van der Waals surface area contributed by atoms with Gasteiger partial charge in [-0.3, -0.25) is 10.1 Å². The second-order valence-corrected chi connectivity index (χ2v) is 5.05. The van der Waals surface area contributed by atoms with Gasteiger partial charge in [0.25, 0.3) is 5.91 Å². The number of nitrogens with zero attached hydrogens (tertiary/aromatic N) is 1. The van der Waals surface area contributed by atoms with E-state index in [1.54, 1.807) is 6.20 Å². The SMILES string of the molecule is CC[C@H](Oc1cccc(C)c1)C(=O)Nc1nccs1. The van der Waals surface area contributed by atoms with Crippen LogP contribution in [0, 0.1) is 6.92 Å². The van der Waals surface area contributed by atoms with Gasteiger partial charge in [0.05, 0.1) is 0 Å². The number of carbonyl (C=O) groups excluding carboxylic acids is 1. The number of rotatable bonds is 5. The van der Waals surface area contributed by atoms with Gasteiger partial charge in [-0.2, -0.15) is 0 Å². The third kappa shape index (κ3) is 3.79. The van der Waals surface area contributed by atoms with E-state index in [1.807, 2.05) is 43.5 Å². The van der Waals surface area contributed by atoms with Crippen molar-refractivity contribution < 1.29 is 9.53 Å². The molecule has 0 aliphatic rings. The number of aromatic nitrogens is 1. The highest BCUT2D eigenvalue weighted by Crippen LogP contribution is 2.17. The molecule has 0 unspecified atom stereocenters. The molecule has 100 valence electrons. The summed E-state index contributed by atoms with van der Waals surface area (Å²) in [6.45, 7) is 3.91. The van der Waals surface area contributed by atoms with Gasteiger partial charge in [-0.25, -0.2) is 4.98 Å². The fourth-order valence-corrected chi connectivity index (χ4v) is 2.18. The van der Waals surface area contributed by atoms with Crippen LogP contribution in [0.5, 0.6) is 5.75 Å². The van der Waals surface area contributed by atoms with Gasteiger partial charge >= 0.3 is 0 Å². The van der Waals surface area contributed by atoms with E-state index in [1.165, 1.54) is 11.3 Å². The van der Waals surface area contributed by atoms with Crippen LogP contribution in [0.4, 0.5) is 5.13 Å². The predicted octanol–water partition coefficient (Wildman–Crippen LogP) is 3.25. The number of carbonyl (C=O) groups is 1. The fourth-order valence-electron chi connectivity index (χ4n) is 1.65. The molecule has 0 aliphatic carbocycles. The van der Waals surface area contributed by atoms with Crippen molar-refractivity contribution >= 4 is 22.4 Å². The Morgan fingerprint density at radius 3 is 3.00 bits per heavy atom. The number of thiazole rings is 1. The molecule has 1 atom stereocenters. The number of aryl methyl sites for hydroxylation is 1. The number of hydrogen-bond donors (Lipinski definition) is 1. The average molecular weight is 276 g/mol. The van der Waals surface area contributed by atoms with Crippen molar-refractivity contribution in [3.05, 3.63) is 41.4 Å². The van der Waals surface area contributed by atoms with Crippen LogP contribution in [0.2, 0.25) is 0 Å². The molecule has 1 aromatic carbocycles. The third-order valence-corrected chi connectivity index (χ3v) is 3.28. The second-order valence-electron chi connectivity index (χ2n) is 4.16. The van der Waals surface area contributed by atoms with E-state index in [-0.39, 0.29) is 5.91 Å². The van der Waals surface area contributed by atoms with Crippen molar-refractivity contribution in [2.24, 2.45) is 0 Å². The molecule has 0 spiro atoms. The van der Waals surface area contributed by atoms with Crippen molar-refractivity contribution in [3.8, 4) is 5.75 Å². The van der Waals surface area contributed by atoms with Gasteiger partial charge in [-0.05, 0) is 31.0 Å². The number of ether oxygens (including phenoxy) is 1. The number of benzene rings is 1. The van der Waals surface area contributed by atoms with Gasteiger partial charge in [0.15, 0.2) is 11.2 Å². The third-order valence-electron chi connectivity index (χ3n) is 2.59. The van der Waals surface area contributed by atoms with Gasteiger partial charge < -0.3 is 4.74 Å². The van der Waals surface area contributed by atoms with Crippen LogP contribution < -0.4 is 10.1 Å². The van der Waals surface area contributed by atoms with Crippen LogP contribution >= 0.6 is 11.3 Å². The molecule has 1 aromatic heterocycles. The minimum atomic E-state index is -0.509. The van der Waals surface area contributed by atoms with E-state index in [2.05, 4.69) is 10.3 Å². The summed E-state index contributed by atoms with van der Waals surface area (Å²) in [4.78, 5) is 16.1. The Morgan fingerprint density at radius 2 is 2.37 bits per heavy atom. The molecule has 0 saturated heterocycles. The van der Waals surface area contributed by atoms with Crippen LogP contribution in [0.1, 0.15) is 18.9 Å². The molecule has 2 rings (SSSR count). The molecular formula is C14H16N2O2S. The quantitative estimate of drug-likeness (QED) is 0.912. The van der Waals surface area contributed by atoms with Crippen molar-refractivity contribution in [2.75, 3.05) is 5.32 Å². The highest BCUT2D eigenvalue weighted by atomic mass is 32.1. The van der Waals surface area contributed by atoms with Gasteiger partial charge in [0.2, 0.25) is 0 Å². The van der Waals surface area contributed by atoms with Crippen LogP contribution in [-0.2, 0) is 4.79 Å². The molecule has 1 N–H and O–H groups in total. The number of amides is 1. The highest BCUT2D eigenvalue weighted by Gasteiger charge is 2.19. The zero-order chi connectivity index (χ0) is 13.7. The minimum absolute atomic E-state index is 0.168. The maximum Gasteiger partial charge on any atom is 0.267 e. The van der Waals surface area contributed by atoms with E-state index in [0.29, 0.717) is 17.3 Å². The first kappa shape index (κ1) is 13.5. The Hall–Kier alpha value is -1.88. The van der Waals surface area contributed by atoms with Crippen molar-refractivity contribution in [1.82, 2.24) is 4.98 Å². The maximum atomic E-state index is 12.1. The first-order valence-corrected chi connectivity index (χ1v) is 7.00. The molecule has 19 heavy (non-hydrogen) atoms. The summed E-state index contributed by atoms with van der Waals surface area (Å²) < 4.78 is 5.72. The topological polar surface area (TPSA) is 51.2 Å². The van der Waals surface area contributed by atoms with E-state index < -0.39 is 6.10 Å². The molecule has 0 bridgehead atoms.